The van der Waals surface area contributed by atoms with Crippen molar-refractivity contribution in [2.75, 3.05) is 26.7 Å². The molecule has 3 aromatic rings. The second-order valence-corrected chi connectivity index (χ2v) is 9.11. The number of benzene rings is 2. The highest BCUT2D eigenvalue weighted by atomic mass is 16.5. The Morgan fingerprint density at radius 3 is 2.58 bits per heavy atom. The van der Waals surface area contributed by atoms with E-state index in [0.717, 1.165) is 42.5 Å². The molecule has 2 saturated heterocycles. The standard InChI is InChI=1S/C27H31N3O3/c1-33-21-10-11-24-22(17-21)23(18-28-24)19-12-15-29(16-13-19)27(32)26(20-7-3-2-4-8-20)30-14-6-5-9-25(30)31/h2-4,7-8,10-11,17-19,26,28H,5-6,9,12-16H2,1H3. The quantitative estimate of drug-likeness (QED) is 0.622. The number of aromatic nitrogens is 1. The highest BCUT2D eigenvalue weighted by Crippen LogP contribution is 2.36. The molecule has 2 fully saturated rings. The topological polar surface area (TPSA) is 65.6 Å². The normalized spacial score (nSPS) is 18.5. The van der Waals surface area contributed by atoms with E-state index in [1.54, 1.807) is 12.0 Å². The van der Waals surface area contributed by atoms with Gasteiger partial charge in [0, 0.05) is 43.2 Å². The lowest BCUT2D eigenvalue weighted by atomic mass is 9.88. The molecule has 172 valence electrons. The number of nitrogens with one attached hydrogen (secondary N) is 1. The Kier molecular flexibility index (Phi) is 6.07. The van der Waals surface area contributed by atoms with Crippen LogP contribution in [0, 0.1) is 0 Å². The fourth-order valence-corrected chi connectivity index (χ4v) is 5.36. The first-order valence-electron chi connectivity index (χ1n) is 11.9. The van der Waals surface area contributed by atoms with Gasteiger partial charge in [-0.05, 0) is 60.9 Å². The number of fused-ring (bicyclic) bond motifs is 1. The molecule has 5 rings (SSSR count). The van der Waals surface area contributed by atoms with Gasteiger partial charge in [-0.2, -0.15) is 0 Å². The Labute approximate surface area is 194 Å². The van der Waals surface area contributed by atoms with Crippen molar-refractivity contribution in [1.29, 1.82) is 0 Å². The summed E-state index contributed by atoms with van der Waals surface area (Å²) in [5.41, 5.74) is 3.31. The van der Waals surface area contributed by atoms with Crippen LogP contribution in [0.2, 0.25) is 0 Å². The van der Waals surface area contributed by atoms with Gasteiger partial charge in [-0.3, -0.25) is 9.59 Å². The van der Waals surface area contributed by atoms with Crippen LogP contribution in [0.4, 0.5) is 0 Å². The summed E-state index contributed by atoms with van der Waals surface area (Å²) in [6, 6.07) is 15.4. The minimum Gasteiger partial charge on any atom is -0.497 e. The zero-order chi connectivity index (χ0) is 22.8. The van der Waals surface area contributed by atoms with Crippen LogP contribution in [0.3, 0.4) is 0 Å². The molecule has 1 atom stereocenters. The van der Waals surface area contributed by atoms with Crippen molar-refractivity contribution in [3.05, 3.63) is 65.9 Å². The Hall–Kier alpha value is -3.28. The van der Waals surface area contributed by atoms with Crippen molar-refractivity contribution in [2.45, 2.75) is 44.1 Å². The number of ether oxygens (including phenoxy) is 1. The van der Waals surface area contributed by atoms with Gasteiger partial charge in [-0.1, -0.05) is 30.3 Å². The number of aromatic amines is 1. The second-order valence-electron chi connectivity index (χ2n) is 9.11. The Bertz CT molecular complexity index is 1130. The fraction of sp³-hybridized carbons (Fsp3) is 0.407. The number of amides is 2. The maximum Gasteiger partial charge on any atom is 0.250 e. The van der Waals surface area contributed by atoms with Gasteiger partial charge in [0.05, 0.1) is 7.11 Å². The first-order chi connectivity index (χ1) is 16.2. The number of methoxy groups -OCH3 is 1. The summed E-state index contributed by atoms with van der Waals surface area (Å²) in [5, 5.41) is 1.19. The lowest BCUT2D eigenvalue weighted by Crippen LogP contribution is -2.49. The van der Waals surface area contributed by atoms with E-state index in [2.05, 4.69) is 23.3 Å². The number of carbonyl (C=O) groups is 2. The largest absolute Gasteiger partial charge is 0.497 e. The number of likely N-dealkylation sites (tertiary alicyclic amines) is 2. The molecule has 2 aliphatic heterocycles. The first kappa shape index (κ1) is 21.6. The molecule has 1 unspecified atom stereocenters. The maximum absolute atomic E-state index is 13.7. The third-order valence-corrected chi connectivity index (χ3v) is 7.19. The van der Waals surface area contributed by atoms with Crippen LogP contribution >= 0.6 is 0 Å². The Morgan fingerprint density at radius 2 is 1.85 bits per heavy atom. The third kappa shape index (κ3) is 4.22. The predicted molar refractivity (Wildman–Crippen MR) is 128 cm³/mol. The van der Waals surface area contributed by atoms with E-state index >= 15 is 0 Å². The molecule has 3 heterocycles. The molecule has 0 spiro atoms. The maximum atomic E-state index is 13.7. The molecule has 1 aromatic heterocycles. The van der Waals surface area contributed by atoms with Gasteiger partial charge in [-0.25, -0.2) is 0 Å². The van der Waals surface area contributed by atoms with Crippen LogP contribution in [0.15, 0.2) is 54.7 Å². The van der Waals surface area contributed by atoms with Crippen LogP contribution in [-0.2, 0) is 9.59 Å². The first-order valence-corrected chi connectivity index (χ1v) is 11.9. The van der Waals surface area contributed by atoms with E-state index in [1.807, 2.05) is 41.3 Å². The van der Waals surface area contributed by atoms with E-state index < -0.39 is 6.04 Å². The van der Waals surface area contributed by atoms with Crippen molar-refractivity contribution in [3.63, 3.8) is 0 Å². The number of hydrogen-bond donors (Lipinski definition) is 1. The molecule has 6 nitrogen and oxygen atoms in total. The van der Waals surface area contributed by atoms with Crippen LogP contribution in [0.5, 0.6) is 5.75 Å². The Balaban J connectivity index is 1.34. The number of nitrogens with zero attached hydrogens (tertiary/aromatic N) is 2. The van der Waals surface area contributed by atoms with Crippen molar-refractivity contribution in [1.82, 2.24) is 14.8 Å². The summed E-state index contributed by atoms with van der Waals surface area (Å²) < 4.78 is 5.42. The van der Waals surface area contributed by atoms with Crippen LogP contribution in [-0.4, -0.2) is 53.3 Å². The molecule has 2 aliphatic rings. The minimum atomic E-state index is -0.520. The van der Waals surface area contributed by atoms with E-state index in [4.69, 9.17) is 4.74 Å². The van der Waals surface area contributed by atoms with Crippen LogP contribution < -0.4 is 4.74 Å². The van der Waals surface area contributed by atoms with Crippen molar-refractivity contribution in [3.8, 4) is 5.75 Å². The zero-order valence-electron chi connectivity index (χ0n) is 19.1. The van der Waals surface area contributed by atoms with Gasteiger partial charge >= 0.3 is 0 Å². The van der Waals surface area contributed by atoms with E-state index in [9.17, 15) is 9.59 Å². The molecule has 1 N–H and O–H groups in total. The second kappa shape index (κ2) is 9.30. The average Bonchev–Trinajstić information content (AvgIpc) is 3.29. The smallest absolute Gasteiger partial charge is 0.250 e. The van der Waals surface area contributed by atoms with Gasteiger partial charge in [-0.15, -0.1) is 0 Å². The van der Waals surface area contributed by atoms with Gasteiger partial charge in [0.25, 0.3) is 0 Å². The molecule has 0 saturated carbocycles. The summed E-state index contributed by atoms with van der Waals surface area (Å²) in [4.78, 5) is 33.6. The van der Waals surface area contributed by atoms with Gasteiger partial charge in [0.15, 0.2) is 0 Å². The zero-order valence-corrected chi connectivity index (χ0v) is 19.1. The highest BCUT2D eigenvalue weighted by molar-refractivity contribution is 5.89. The average molecular weight is 446 g/mol. The summed E-state index contributed by atoms with van der Waals surface area (Å²) in [5.74, 6) is 1.39. The number of hydrogen-bond acceptors (Lipinski definition) is 3. The summed E-state index contributed by atoms with van der Waals surface area (Å²) in [7, 11) is 1.69. The SMILES string of the molecule is COc1ccc2[nH]cc(C3CCN(C(=O)C(c4ccccc4)N4CCCCC4=O)CC3)c2c1. The van der Waals surface area contributed by atoms with E-state index in [-0.39, 0.29) is 11.8 Å². The van der Waals surface area contributed by atoms with Crippen molar-refractivity contribution >= 4 is 22.7 Å². The lowest BCUT2D eigenvalue weighted by molar-refractivity contribution is -0.148. The fourth-order valence-electron chi connectivity index (χ4n) is 5.36. The molecular formula is C27H31N3O3. The van der Waals surface area contributed by atoms with Gasteiger partial charge < -0.3 is 19.5 Å². The summed E-state index contributed by atoms with van der Waals surface area (Å²) in [6.45, 7) is 2.05. The third-order valence-electron chi connectivity index (χ3n) is 7.19. The van der Waals surface area contributed by atoms with Crippen molar-refractivity contribution < 1.29 is 14.3 Å². The number of piperidine rings is 2. The van der Waals surface area contributed by atoms with Crippen molar-refractivity contribution in [2.24, 2.45) is 0 Å². The highest BCUT2D eigenvalue weighted by Gasteiger charge is 2.36. The molecule has 0 bridgehead atoms. The molecular weight excluding hydrogens is 414 g/mol. The summed E-state index contributed by atoms with van der Waals surface area (Å²) >= 11 is 0. The lowest BCUT2D eigenvalue weighted by Gasteiger charge is -2.39. The van der Waals surface area contributed by atoms with Crippen LogP contribution in [0.25, 0.3) is 10.9 Å². The number of carbonyl (C=O) groups excluding carboxylic acids is 2. The molecule has 6 heteroatoms. The van der Waals surface area contributed by atoms with Crippen LogP contribution in [0.1, 0.15) is 55.2 Å². The Morgan fingerprint density at radius 1 is 1.06 bits per heavy atom. The monoisotopic (exact) mass is 445 g/mol. The number of H-pyrrole nitrogens is 1. The number of rotatable bonds is 5. The molecule has 2 aromatic carbocycles. The van der Waals surface area contributed by atoms with E-state index in [1.165, 1.54) is 10.9 Å². The minimum absolute atomic E-state index is 0.0514. The van der Waals surface area contributed by atoms with Gasteiger partial charge in [0.2, 0.25) is 11.8 Å². The molecule has 33 heavy (non-hydrogen) atoms. The van der Waals surface area contributed by atoms with Gasteiger partial charge in [0.1, 0.15) is 11.8 Å². The molecule has 0 aliphatic carbocycles. The summed E-state index contributed by atoms with van der Waals surface area (Å²) in [6.07, 6.45) is 6.31. The van der Waals surface area contributed by atoms with E-state index in [0.29, 0.717) is 32.0 Å². The molecule has 2 amide bonds. The predicted octanol–water partition coefficient (Wildman–Crippen LogP) is 4.64. The molecule has 0 radical (unpaired) electrons.